The van der Waals surface area contributed by atoms with Gasteiger partial charge in [-0.2, -0.15) is 0 Å². The van der Waals surface area contributed by atoms with Crippen LogP contribution in [0.25, 0.3) is 0 Å². The van der Waals surface area contributed by atoms with Gasteiger partial charge < -0.3 is 14.8 Å². The molecule has 2 aliphatic rings. The van der Waals surface area contributed by atoms with Crippen molar-refractivity contribution in [2.24, 2.45) is 0 Å². The number of aliphatic carboxylic acids is 1. The molecule has 0 saturated carbocycles. The van der Waals surface area contributed by atoms with Gasteiger partial charge in [0.25, 0.3) is 0 Å². The van der Waals surface area contributed by atoms with Gasteiger partial charge in [0.2, 0.25) is 5.91 Å². The highest BCUT2D eigenvalue weighted by Crippen LogP contribution is 2.54. The van der Waals surface area contributed by atoms with Crippen molar-refractivity contribution in [1.82, 2.24) is 4.90 Å². The Morgan fingerprint density at radius 1 is 1.42 bits per heavy atom. The van der Waals surface area contributed by atoms with Gasteiger partial charge in [-0.1, -0.05) is 12.1 Å². The Morgan fingerprint density at radius 3 is 2.74 bits per heavy atom. The first kappa shape index (κ1) is 12.5. The minimum absolute atomic E-state index is 0.177. The number of carbonyl (C=O) groups excluding carboxylic acids is 2. The molecule has 1 aromatic rings. The normalized spacial score (nSPS) is 29.6. The second kappa shape index (κ2) is 4.23. The van der Waals surface area contributed by atoms with Gasteiger partial charge in [0.15, 0.2) is 0 Å². The third kappa shape index (κ3) is 1.74. The Bertz CT molecular complexity index is 547. The Hall–Kier alpha value is -1.56. The zero-order valence-corrected chi connectivity index (χ0v) is 10.8. The van der Waals surface area contributed by atoms with E-state index in [1.54, 1.807) is 12.1 Å². The maximum absolute atomic E-state index is 13.0. The zero-order chi connectivity index (χ0) is 13.6. The number of hydrogen-bond acceptors (Lipinski definition) is 4. The third-order valence-electron chi connectivity index (χ3n) is 3.69. The van der Waals surface area contributed by atoms with Gasteiger partial charge in [0.05, 0.1) is 12.0 Å². The lowest BCUT2D eigenvalue weighted by atomic mass is 10.0. The van der Waals surface area contributed by atoms with Crippen molar-refractivity contribution < 1.29 is 19.1 Å². The van der Waals surface area contributed by atoms with Gasteiger partial charge >= 0.3 is 0 Å². The fourth-order valence-corrected chi connectivity index (χ4v) is 4.46. The number of rotatable bonds is 2. The molecule has 0 radical (unpaired) electrons. The number of carboxylic acids is 1. The van der Waals surface area contributed by atoms with E-state index < -0.39 is 16.9 Å². The Morgan fingerprint density at radius 2 is 2.11 bits per heavy atom. The standard InChI is InChI=1S/C13H12FNO3S/c14-9-3-1-8(2-4-9)13-6-5-11(16)15(13)10(7-19-13)12(17)18/h1-4,10H,5-7H2,(H,17,18)/p-1/t10-,13+/m0/s1. The molecule has 6 heteroatoms. The summed E-state index contributed by atoms with van der Waals surface area (Å²) >= 11 is 1.42. The number of carboxylic acid groups (broad SMARTS) is 1. The smallest absolute Gasteiger partial charge is 0.224 e. The molecule has 19 heavy (non-hydrogen) atoms. The maximum Gasteiger partial charge on any atom is 0.224 e. The fraction of sp³-hybridized carbons (Fsp3) is 0.385. The average molecular weight is 280 g/mol. The lowest BCUT2D eigenvalue weighted by Crippen LogP contribution is -2.50. The zero-order valence-electron chi connectivity index (χ0n) is 9.97. The summed E-state index contributed by atoms with van der Waals surface area (Å²) in [5.74, 6) is -1.45. The average Bonchev–Trinajstić information content (AvgIpc) is 2.90. The number of halogens is 1. The number of fused-ring (bicyclic) bond motifs is 1. The van der Waals surface area contributed by atoms with E-state index in [0.29, 0.717) is 18.6 Å². The summed E-state index contributed by atoms with van der Waals surface area (Å²) in [5.41, 5.74) is 0.772. The molecule has 2 aliphatic heterocycles. The van der Waals surface area contributed by atoms with Crippen molar-refractivity contribution in [3.63, 3.8) is 0 Å². The quantitative estimate of drug-likeness (QED) is 0.790. The van der Waals surface area contributed by atoms with Crippen LogP contribution in [-0.4, -0.2) is 28.6 Å². The highest BCUT2D eigenvalue weighted by atomic mass is 32.2. The Labute approximate surface area is 113 Å². The molecule has 3 rings (SSSR count). The molecular weight excluding hydrogens is 269 g/mol. The van der Waals surface area contributed by atoms with E-state index in [4.69, 9.17) is 0 Å². The molecule has 2 fully saturated rings. The van der Waals surface area contributed by atoms with Crippen LogP contribution in [0, 0.1) is 5.82 Å². The van der Waals surface area contributed by atoms with Gasteiger partial charge in [-0.3, -0.25) is 4.79 Å². The van der Waals surface area contributed by atoms with Crippen LogP contribution in [0.3, 0.4) is 0 Å². The van der Waals surface area contributed by atoms with Gasteiger partial charge in [0.1, 0.15) is 10.7 Å². The summed E-state index contributed by atoms with van der Waals surface area (Å²) < 4.78 is 13.0. The molecular formula is C13H11FNO3S-. The maximum atomic E-state index is 13.0. The molecule has 1 amide bonds. The van der Waals surface area contributed by atoms with E-state index in [-0.39, 0.29) is 11.7 Å². The number of thioether (sulfide) groups is 1. The van der Waals surface area contributed by atoms with E-state index in [2.05, 4.69) is 0 Å². The number of benzene rings is 1. The summed E-state index contributed by atoms with van der Waals surface area (Å²) in [4.78, 5) is 23.8. The van der Waals surface area contributed by atoms with Crippen LogP contribution in [0.5, 0.6) is 0 Å². The van der Waals surface area contributed by atoms with E-state index in [0.717, 1.165) is 5.56 Å². The predicted molar refractivity (Wildman–Crippen MR) is 65.4 cm³/mol. The van der Waals surface area contributed by atoms with Gasteiger partial charge in [-0.05, 0) is 24.1 Å². The molecule has 4 nitrogen and oxygen atoms in total. The summed E-state index contributed by atoms with van der Waals surface area (Å²) in [6.07, 6.45) is 0.861. The lowest BCUT2D eigenvalue weighted by molar-refractivity contribution is -0.310. The minimum Gasteiger partial charge on any atom is -0.548 e. The van der Waals surface area contributed by atoms with Crippen molar-refractivity contribution in [2.45, 2.75) is 23.8 Å². The van der Waals surface area contributed by atoms with E-state index >= 15 is 0 Å². The lowest BCUT2D eigenvalue weighted by Gasteiger charge is -2.34. The molecule has 0 unspecified atom stereocenters. The molecule has 2 heterocycles. The second-order valence-electron chi connectivity index (χ2n) is 4.70. The summed E-state index contributed by atoms with van der Waals surface area (Å²) in [7, 11) is 0. The molecule has 2 saturated heterocycles. The summed E-state index contributed by atoms with van der Waals surface area (Å²) in [6.45, 7) is 0. The second-order valence-corrected chi connectivity index (χ2v) is 6.00. The third-order valence-corrected chi connectivity index (χ3v) is 5.29. The van der Waals surface area contributed by atoms with Crippen LogP contribution in [-0.2, 0) is 14.5 Å². The van der Waals surface area contributed by atoms with Crippen molar-refractivity contribution >= 4 is 23.6 Å². The summed E-state index contributed by atoms with van der Waals surface area (Å²) in [6, 6.07) is 5.00. The monoisotopic (exact) mass is 280 g/mol. The topological polar surface area (TPSA) is 60.4 Å². The van der Waals surface area contributed by atoms with Crippen LogP contribution in [0.4, 0.5) is 4.39 Å². The first-order valence-corrected chi connectivity index (χ1v) is 6.96. The van der Waals surface area contributed by atoms with E-state index in [1.165, 1.54) is 28.8 Å². The molecule has 2 atom stereocenters. The number of nitrogens with zero attached hydrogens (tertiary/aromatic N) is 1. The molecule has 0 bridgehead atoms. The molecule has 0 spiro atoms. The molecule has 100 valence electrons. The van der Waals surface area contributed by atoms with Crippen LogP contribution >= 0.6 is 11.8 Å². The van der Waals surface area contributed by atoms with Gasteiger partial charge in [-0.25, -0.2) is 4.39 Å². The fourth-order valence-electron chi connectivity index (χ4n) is 2.83. The first-order valence-electron chi connectivity index (χ1n) is 5.97. The number of hydrogen-bond donors (Lipinski definition) is 0. The van der Waals surface area contributed by atoms with Crippen molar-refractivity contribution in [1.29, 1.82) is 0 Å². The predicted octanol–water partition coefficient (Wildman–Crippen LogP) is 0.466. The van der Waals surface area contributed by atoms with Gasteiger partial charge in [-0.15, -0.1) is 11.8 Å². The van der Waals surface area contributed by atoms with Crippen molar-refractivity contribution in [3.05, 3.63) is 35.6 Å². The minimum atomic E-state index is -1.23. The van der Waals surface area contributed by atoms with Crippen LogP contribution < -0.4 is 5.11 Å². The van der Waals surface area contributed by atoms with E-state index in [9.17, 15) is 19.1 Å². The van der Waals surface area contributed by atoms with Crippen molar-refractivity contribution in [2.75, 3.05) is 5.75 Å². The number of carbonyl (C=O) groups is 2. The van der Waals surface area contributed by atoms with Gasteiger partial charge in [0, 0.05) is 12.2 Å². The highest BCUT2D eigenvalue weighted by Gasteiger charge is 2.55. The molecule has 0 aliphatic carbocycles. The molecule has 0 aromatic heterocycles. The summed E-state index contributed by atoms with van der Waals surface area (Å²) in [5, 5.41) is 11.1. The highest BCUT2D eigenvalue weighted by molar-refractivity contribution is 8.00. The SMILES string of the molecule is O=C([O-])[C@@H]1CS[C@@]2(c3ccc(F)cc3)CCC(=O)N12. The Balaban J connectivity index is 2.05. The van der Waals surface area contributed by atoms with Crippen LogP contribution in [0.2, 0.25) is 0 Å². The van der Waals surface area contributed by atoms with Crippen LogP contribution in [0.1, 0.15) is 18.4 Å². The number of amides is 1. The molecule has 1 aromatic carbocycles. The Kier molecular flexibility index (Phi) is 2.78. The first-order chi connectivity index (χ1) is 9.04. The van der Waals surface area contributed by atoms with Crippen LogP contribution in [0.15, 0.2) is 24.3 Å². The van der Waals surface area contributed by atoms with Crippen molar-refractivity contribution in [3.8, 4) is 0 Å². The largest absolute Gasteiger partial charge is 0.548 e. The van der Waals surface area contributed by atoms with E-state index in [1.807, 2.05) is 0 Å². The molecule has 0 N–H and O–H groups in total.